The normalized spacial score (nSPS) is 11.6. The lowest BCUT2D eigenvalue weighted by atomic mass is 10.2. The third-order valence-corrected chi connectivity index (χ3v) is 3.84. The Kier molecular flexibility index (Phi) is 6.11. The van der Waals surface area contributed by atoms with Crippen LogP contribution in [-0.2, 0) is 16.1 Å². The molecule has 8 nitrogen and oxygen atoms in total. The van der Waals surface area contributed by atoms with E-state index < -0.39 is 18.0 Å². The zero-order chi connectivity index (χ0) is 19.9. The van der Waals surface area contributed by atoms with E-state index in [0.29, 0.717) is 30.3 Å². The lowest BCUT2D eigenvalue weighted by molar-refractivity contribution is -0.123. The first-order chi connectivity index (χ1) is 13.6. The van der Waals surface area contributed by atoms with Gasteiger partial charge in [0.1, 0.15) is 11.5 Å². The number of rotatable bonds is 8. The maximum absolute atomic E-state index is 12.4. The van der Waals surface area contributed by atoms with Crippen LogP contribution in [0.5, 0.6) is 5.75 Å². The van der Waals surface area contributed by atoms with Crippen molar-refractivity contribution >= 4 is 17.6 Å². The molecule has 1 aromatic carbocycles. The van der Waals surface area contributed by atoms with Crippen molar-refractivity contribution in [2.45, 2.75) is 26.5 Å². The molecule has 28 heavy (non-hydrogen) atoms. The maximum Gasteiger partial charge on any atom is 0.375 e. The summed E-state index contributed by atoms with van der Waals surface area (Å²) in [6.07, 6.45) is 2.43. The molecule has 3 aromatic rings. The average molecular weight is 383 g/mol. The molecule has 0 spiro atoms. The first-order valence-electron chi connectivity index (χ1n) is 8.86. The van der Waals surface area contributed by atoms with Gasteiger partial charge in [0.25, 0.3) is 5.91 Å². The highest BCUT2D eigenvalue weighted by Crippen LogP contribution is 2.24. The van der Waals surface area contributed by atoms with Crippen LogP contribution in [0.2, 0.25) is 0 Å². The van der Waals surface area contributed by atoms with Gasteiger partial charge in [-0.3, -0.25) is 9.48 Å². The fourth-order valence-corrected chi connectivity index (χ4v) is 2.48. The first kappa shape index (κ1) is 19.2. The van der Waals surface area contributed by atoms with Crippen molar-refractivity contribution in [3.05, 3.63) is 66.4 Å². The molecule has 2 heterocycles. The van der Waals surface area contributed by atoms with Gasteiger partial charge in [-0.15, -0.1) is 0 Å². The number of nitrogens with zero attached hydrogens (tertiary/aromatic N) is 2. The number of aromatic nitrogens is 2. The number of benzene rings is 1. The second kappa shape index (κ2) is 8.90. The van der Waals surface area contributed by atoms with Gasteiger partial charge in [0.05, 0.1) is 18.8 Å². The van der Waals surface area contributed by atoms with Gasteiger partial charge >= 0.3 is 5.97 Å². The standard InChI is InChI=1S/C20H21N3O5/c1-3-26-17-8-5-4-7-16(17)22-19(24)14(2)27-20(25)18-10-9-15(28-18)13-23-12-6-11-21-23/h4-12,14H,3,13H2,1-2H3,(H,22,24). The Morgan fingerprint density at radius 2 is 2.04 bits per heavy atom. The number of anilines is 1. The third kappa shape index (κ3) is 4.79. The molecule has 1 N–H and O–H groups in total. The highest BCUT2D eigenvalue weighted by atomic mass is 16.6. The molecule has 0 aliphatic rings. The summed E-state index contributed by atoms with van der Waals surface area (Å²) < 4.78 is 17.8. The summed E-state index contributed by atoms with van der Waals surface area (Å²) in [5.41, 5.74) is 0.511. The lowest BCUT2D eigenvalue weighted by Crippen LogP contribution is -2.30. The highest BCUT2D eigenvalue weighted by Gasteiger charge is 2.22. The van der Waals surface area contributed by atoms with E-state index in [4.69, 9.17) is 13.9 Å². The monoisotopic (exact) mass is 383 g/mol. The number of ether oxygens (including phenoxy) is 2. The van der Waals surface area contributed by atoms with E-state index in [1.807, 2.05) is 13.0 Å². The smallest absolute Gasteiger partial charge is 0.375 e. The van der Waals surface area contributed by atoms with Crippen LogP contribution in [0.25, 0.3) is 0 Å². The molecule has 0 aliphatic heterocycles. The number of hydrogen-bond donors (Lipinski definition) is 1. The summed E-state index contributed by atoms with van der Waals surface area (Å²) in [5, 5.41) is 6.78. The predicted octanol–water partition coefficient (Wildman–Crippen LogP) is 3.11. The van der Waals surface area contributed by atoms with Gasteiger partial charge in [0.15, 0.2) is 6.10 Å². The van der Waals surface area contributed by atoms with Crippen molar-refractivity contribution in [3.63, 3.8) is 0 Å². The molecule has 2 aromatic heterocycles. The van der Waals surface area contributed by atoms with E-state index >= 15 is 0 Å². The fourth-order valence-electron chi connectivity index (χ4n) is 2.48. The van der Waals surface area contributed by atoms with Crippen molar-refractivity contribution in [2.24, 2.45) is 0 Å². The average Bonchev–Trinajstić information content (AvgIpc) is 3.36. The molecular formula is C20H21N3O5. The molecule has 1 atom stereocenters. The number of furan rings is 1. The minimum Gasteiger partial charge on any atom is -0.492 e. The Morgan fingerprint density at radius 3 is 2.79 bits per heavy atom. The zero-order valence-corrected chi connectivity index (χ0v) is 15.6. The maximum atomic E-state index is 12.4. The molecule has 0 saturated carbocycles. The SMILES string of the molecule is CCOc1ccccc1NC(=O)C(C)OC(=O)c1ccc(Cn2cccn2)o1. The fraction of sp³-hybridized carbons (Fsp3) is 0.250. The van der Waals surface area contributed by atoms with Gasteiger partial charge in [-0.2, -0.15) is 5.10 Å². The minimum atomic E-state index is -1.01. The molecule has 0 fully saturated rings. The van der Waals surface area contributed by atoms with Gasteiger partial charge in [0.2, 0.25) is 5.76 Å². The largest absolute Gasteiger partial charge is 0.492 e. The van der Waals surface area contributed by atoms with E-state index in [1.54, 1.807) is 47.4 Å². The van der Waals surface area contributed by atoms with Crippen LogP contribution in [0, 0.1) is 0 Å². The molecule has 0 radical (unpaired) electrons. The van der Waals surface area contributed by atoms with E-state index in [2.05, 4.69) is 10.4 Å². The topological polar surface area (TPSA) is 95.6 Å². The van der Waals surface area contributed by atoms with E-state index in [0.717, 1.165) is 0 Å². The Bertz CT molecular complexity index is 933. The molecule has 146 valence electrons. The van der Waals surface area contributed by atoms with Gasteiger partial charge in [0, 0.05) is 12.4 Å². The van der Waals surface area contributed by atoms with Crippen LogP contribution in [-0.4, -0.2) is 34.4 Å². The number of carbonyl (C=O) groups is 2. The van der Waals surface area contributed by atoms with Crippen LogP contribution in [0.1, 0.15) is 30.2 Å². The quantitative estimate of drug-likeness (QED) is 0.601. The highest BCUT2D eigenvalue weighted by molar-refractivity contribution is 5.97. The summed E-state index contributed by atoms with van der Waals surface area (Å²) in [6, 6.07) is 12.0. The van der Waals surface area contributed by atoms with Crippen LogP contribution in [0.15, 0.2) is 59.3 Å². The molecular weight excluding hydrogens is 362 g/mol. The van der Waals surface area contributed by atoms with E-state index in [-0.39, 0.29) is 5.76 Å². The molecule has 0 bridgehead atoms. The minimum absolute atomic E-state index is 0.0246. The summed E-state index contributed by atoms with van der Waals surface area (Å²) in [7, 11) is 0. The van der Waals surface area contributed by atoms with Crippen LogP contribution >= 0.6 is 0 Å². The van der Waals surface area contributed by atoms with Gasteiger partial charge in [-0.25, -0.2) is 4.79 Å². The third-order valence-electron chi connectivity index (χ3n) is 3.84. The number of amides is 1. The Morgan fingerprint density at radius 1 is 1.21 bits per heavy atom. The van der Waals surface area contributed by atoms with Crippen molar-refractivity contribution in [1.82, 2.24) is 9.78 Å². The zero-order valence-electron chi connectivity index (χ0n) is 15.6. The molecule has 3 rings (SSSR count). The second-order valence-corrected chi connectivity index (χ2v) is 5.94. The summed E-state index contributed by atoms with van der Waals surface area (Å²) >= 11 is 0. The summed E-state index contributed by atoms with van der Waals surface area (Å²) in [6.45, 7) is 4.21. The molecule has 0 aliphatic carbocycles. The molecule has 1 unspecified atom stereocenters. The van der Waals surface area contributed by atoms with Gasteiger partial charge < -0.3 is 19.2 Å². The Balaban J connectivity index is 1.58. The number of para-hydroxylation sites is 2. The molecule has 1 amide bonds. The van der Waals surface area contributed by atoms with E-state index in [1.165, 1.54) is 13.0 Å². The Labute approximate surface area is 162 Å². The number of nitrogens with one attached hydrogen (secondary N) is 1. The lowest BCUT2D eigenvalue weighted by Gasteiger charge is -2.15. The van der Waals surface area contributed by atoms with Crippen LogP contribution < -0.4 is 10.1 Å². The Hall–Kier alpha value is -3.55. The van der Waals surface area contributed by atoms with Crippen LogP contribution in [0.3, 0.4) is 0 Å². The summed E-state index contributed by atoms with van der Waals surface area (Å²) in [5.74, 6) is -0.0580. The second-order valence-electron chi connectivity index (χ2n) is 5.94. The summed E-state index contributed by atoms with van der Waals surface area (Å²) in [4.78, 5) is 24.6. The predicted molar refractivity (Wildman–Crippen MR) is 101 cm³/mol. The number of carbonyl (C=O) groups excluding carboxylic acids is 2. The van der Waals surface area contributed by atoms with Crippen molar-refractivity contribution in [3.8, 4) is 5.75 Å². The van der Waals surface area contributed by atoms with Gasteiger partial charge in [-0.05, 0) is 44.2 Å². The number of esters is 1. The number of hydrogen-bond acceptors (Lipinski definition) is 6. The molecule has 8 heteroatoms. The van der Waals surface area contributed by atoms with Gasteiger partial charge in [-0.1, -0.05) is 12.1 Å². The van der Waals surface area contributed by atoms with Crippen molar-refractivity contribution in [1.29, 1.82) is 0 Å². The molecule has 0 saturated heterocycles. The van der Waals surface area contributed by atoms with Crippen molar-refractivity contribution < 1.29 is 23.5 Å². The van der Waals surface area contributed by atoms with Crippen LogP contribution in [0.4, 0.5) is 5.69 Å². The van der Waals surface area contributed by atoms with Crippen molar-refractivity contribution in [2.75, 3.05) is 11.9 Å². The first-order valence-corrected chi connectivity index (χ1v) is 8.86. The van der Waals surface area contributed by atoms with E-state index in [9.17, 15) is 9.59 Å².